The maximum absolute atomic E-state index is 11.8. The van der Waals surface area contributed by atoms with Gasteiger partial charge in [-0.05, 0) is 19.3 Å². The molecule has 82 valence electrons. The first-order valence-corrected chi connectivity index (χ1v) is 5.92. The topological polar surface area (TPSA) is 26.3 Å². The maximum atomic E-state index is 11.8. The van der Waals surface area contributed by atoms with E-state index in [1.165, 1.54) is 25.7 Å². The average molecular weight is 198 g/mol. The number of Topliss-reactive ketones (excluding diaryl/α,β-unsaturated/α-hetero) is 1. The minimum absolute atomic E-state index is 0.138. The molecule has 0 radical (unpaired) electrons. The second kappa shape index (κ2) is 6.18. The summed E-state index contributed by atoms with van der Waals surface area (Å²) in [5, 5.41) is 0. The van der Waals surface area contributed by atoms with Crippen LogP contribution in [0.25, 0.3) is 0 Å². The molecule has 0 aromatic heterocycles. The number of hydrogen-bond donors (Lipinski definition) is 0. The van der Waals surface area contributed by atoms with Crippen molar-refractivity contribution < 1.29 is 9.53 Å². The third-order valence-corrected chi connectivity index (χ3v) is 3.06. The first-order chi connectivity index (χ1) is 6.77. The number of rotatable bonds is 6. The third kappa shape index (κ3) is 3.41. The van der Waals surface area contributed by atoms with Crippen LogP contribution in [0, 0.1) is 5.92 Å². The van der Waals surface area contributed by atoms with Gasteiger partial charge in [0.1, 0.15) is 6.10 Å². The Bertz CT molecular complexity index is 171. The summed E-state index contributed by atoms with van der Waals surface area (Å²) in [7, 11) is 0. The molecule has 0 spiro atoms. The highest BCUT2D eigenvalue weighted by Gasteiger charge is 2.23. The molecule has 0 amide bonds. The molecule has 1 rings (SSSR count). The van der Waals surface area contributed by atoms with Crippen LogP contribution < -0.4 is 0 Å². The Kier molecular flexibility index (Phi) is 5.16. The standard InChI is InChI=1S/C12H22O2/c1-3-12(14-4-2)11(13)9-10-7-5-6-8-10/h10,12H,3-9H2,1-2H3. The Morgan fingerprint density at radius 1 is 1.36 bits per heavy atom. The molecule has 1 atom stereocenters. The molecule has 0 bridgehead atoms. The molecular formula is C12H22O2. The lowest BCUT2D eigenvalue weighted by Crippen LogP contribution is -2.25. The fourth-order valence-electron chi connectivity index (χ4n) is 2.27. The fourth-order valence-corrected chi connectivity index (χ4v) is 2.27. The van der Waals surface area contributed by atoms with Gasteiger partial charge in [0.25, 0.3) is 0 Å². The van der Waals surface area contributed by atoms with Crippen LogP contribution >= 0.6 is 0 Å². The van der Waals surface area contributed by atoms with E-state index in [2.05, 4.69) is 0 Å². The largest absolute Gasteiger partial charge is 0.371 e. The van der Waals surface area contributed by atoms with Crippen molar-refractivity contribution in [3.8, 4) is 0 Å². The predicted octanol–water partition coefficient (Wildman–Crippen LogP) is 2.95. The summed E-state index contributed by atoms with van der Waals surface area (Å²) >= 11 is 0. The van der Waals surface area contributed by atoms with Crippen LogP contribution in [0.15, 0.2) is 0 Å². The van der Waals surface area contributed by atoms with Crippen LogP contribution in [0.5, 0.6) is 0 Å². The summed E-state index contributed by atoms with van der Waals surface area (Å²) in [5.74, 6) is 0.971. The molecule has 2 nitrogen and oxygen atoms in total. The van der Waals surface area contributed by atoms with Crippen LogP contribution in [0.2, 0.25) is 0 Å². The summed E-state index contributed by atoms with van der Waals surface area (Å²) in [4.78, 5) is 11.8. The van der Waals surface area contributed by atoms with Crippen LogP contribution in [0.3, 0.4) is 0 Å². The monoisotopic (exact) mass is 198 g/mol. The quantitative estimate of drug-likeness (QED) is 0.656. The van der Waals surface area contributed by atoms with Crippen molar-refractivity contribution in [3.63, 3.8) is 0 Å². The number of hydrogen-bond acceptors (Lipinski definition) is 2. The van der Waals surface area contributed by atoms with Gasteiger partial charge in [0, 0.05) is 13.0 Å². The van der Waals surface area contributed by atoms with Crippen molar-refractivity contribution in [1.82, 2.24) is 0 Å². The lowest BCUT2D eigenvalue weighted by molar-refractivity contribution is -0.131. The molecule has 0 saturated heterocycles. The van der Waals surface area contributed by atoms with Gasteiger partial charge in [0.2, 0.25) is 0 Å². The Labute approximate surface area is 87.0 Å². The Morgan fingerprint density at radius 3 is 2.50 bits per heavy atom. The van der Waals surface area contributed by atoms with Gasteiger partial charge in [-0.3, -0.25) is 4.79 Å². The van der Waals surface area contributed by atoms with Gasteiger partial charge in [0.15, 0.2) is 5.78 Å². The van der Waals surface area contributed by atoms with E-state index < -0.39 is 0 Å². The highest BCUT2D eigenvalue weighted by Crippen LogP contribution is 2.28. The Balaban J connectivity index is 2.30. The lowest BCUT2D eigenvalue weighted by Gasteiger charge is -2.15. The minimum atomic E-state index is -0.138. The van der Waals surface area contributed by atoms with Crippen LogP contribution in [-0.2, 0) is 9.53 Å². The van der Waals surface area contributed by atoms with E-state index in [1.807, 2.05) is 13.8 Å². The van der Waals surface area contributed by atoms with Crippen LogP contribution in [0.4, 0.5) is 0 Å². The number of ether oxygens (including phenoxy) is 1. The molecule has 0 N–H and O–H groups in total. The van der Waals surface area contributed by atoms with Crippen molar-refractivity contribution in [1.29, 1.82) is 0 Å². The average Bonchev–Trinajstić information content (AvgIpc) is 2.66. The normalized spacial score (nSPS) is 19.9. The molecule has 0 aliphatic heterocycles. The van der Waals surface area contributed by atoms with Gasteiger partial charge in [-0.2, -0.15) is 0 Å². The number of carbonyl (C=O) groups is 1. The van der Waals surface area contributed by atoms with Gasteiger partial charge < -0.3 is 4.74 Å². The maximum Gasteiger partial charge on any atom is 0.161 e. The molecule has 0 heterocycles. The molecule has 1 fully saturated rings. The molecule has 2 heteroatoms. The minimum Gasteiger partial charge on any atom is -0.371 e. The van der Waals surface area contributed by atoms with Crippen molar-refractivity contribution in [3.05, 3.63) is 0 Å². The van der Waals surface area contributed by atoms with E-state index in [4.69, 9.17) is 4.74 Å². The predicted molar refractivity (Wildman–Crippen MR) is 57.3 cm³/mol. The lowest BCUT2D eigenvalue weighted by atomic mass is 9.97. The molecule has 1 unspecified atom stereocenters. The first-order valence-electron chi connectivity index (χ1n) is 5.92. The van der Waals surface area contributed by atoms with Gasteiger partial charge in [-0.25, -0.2) is 0 Å². The molecule has 1 aliphatic rings. The molecule has 0 aromatic rings. The summed E-state index contributed by atoms with van der Waals surface area (Å²) in [6.07, 6.45) is 6.54. The molecular weight excluding hydrogens is 176 g/mol. The molecule has 1 saturated carbocycles. The number of carbonyl (C=O) groups excluding carboxylic acids is 1. The smallest absolute Gasteiger partial charge is 0.161 e. The van der Waals surface area contributed by atoms with E-state index in [9.17, 15) is 4.79 Å². The van der Waals surface area contributed by atoms with E-state index in [0.29, 0.717) is 18.3 Å². The third-order valence-electron chi connectivity index (χ3n) is 3.06. The summed E-state index contributed by atoms with van der Waals surface area (Å²) in [5.41, 5.74) is 0. The zero-order valence-corrected chi connectivity index (χ0v) is 9.42. The zero-order valence-electron chi connectivity index (χ0n) is 9.42. The van der Waals surface area contributed by atoms with E-state index >= 15 is 0 Å². The summed E-state index contributed by atoms with van der Waals surface area (Å²) < 4.78 is 5.41. The van der Waals surface area contributed by atoms with E-state index in [-0.39, 0.29) is 6.10 Å². The summed E-state index contributed by atoms with van der Waals surface area (Å²) in [6.45, 7) is 4.62. The summed E-state index contributed by atoms with van der Waals surface area (Å²) in [6, 6.07) is 0. The zero-order chi connectivity index (χ0) is 10.4. The van der Waals surface area contributed by atoms with Crippen molar-refractivity contribution in [2.75, 3.05) is 6.61 Å². The van der Waals surface area contributed by atoms with Crippen LogP contribution in [-0.4, -0.2) is 18.5 Å². The Hall–Kier alpha value is -0.370. The highest BCUT2D eigenvalue weighted by molar-refractivity contribution is 5.83. The Morgan fingerprint density at radius 2 is 2.00 bits per heavy atom. The molecule has 1 aliphatic carbocycles. The number of ketones is 1. The van der Waals surface area contributed by atoms with Crippen molar-refractivity contribution >= 4 is 5.78 Å². The second-order valence-corrected chi connectivity index (χ2v) is 4.17. The van der Waals surface area contributed by atoms with E-state index in [0.717, 1.165) is 12.8 Å². The SMILES string of the molecule is CCOC(CC)C(=O)CC1CCCC1. The highest BCUT2D eigenvalue weighted by atomic mass is 16.5. The van der Waals surface area contributed by atoms with Crippen molar-refractivity contribution in [2.24, 2.45) is 5.92 Å². The van der Waals surface area contributed by atoms with E-state index in [1.54, 1.807) is 0 Å². The van der Waals surface area contributed by atoms with Crippen LogP contribution in [0.1, 0.15) is 52.4 Å². The fraction of sp³-hybridized carbons (Fsp3) is 0.917. The molecule has 14 heavy (non-hydrogen) atoms. The second-order valence-electron chi connectivity index (χ2n) is 4.17. The first kappa shape index (κ1) is 11.7. The van der Waals surface area contributed by atoms with Gasteiger partial charge >= 0.3 is 0 Å². The van der Waals surface area contributed by atoms with Crippen molar-refractivity contribution in [2.45, 2.75) is 58.5 Å². The van der Waals surface area contributed by atoms with Gasteiger partial charge in [0.05, 0.1) is 0 Å². The molecule has 0 aromatic carbocycles. The van der Waals surface area contributed by atoms with Gasteiger partial charge in [-0.15, -0.1) is 0 Å². The van der Waals surface area contributed by atoms with Gasteiger partial charge in [-0.1, -0.05) is 32.6 Å².